The molecule has 13 aromatic heterocycles. The highest BCUT2D eigenvalue weighted by Gasteiger charge is 2.18. The number of nitrogens with one attached hydrogen (secondary N) is 4. The normalized spacial score (nSPS) is 11.1. The number of aryl methyl sites for hydroxylation is 4. The van der Waals surface area contributed by atoms with Gasteiger partial charge in [-0.1, -0.05) is 25.1 Å². The Morgan fingerprint density at radius 3 is 1.39 bits per heavy atom. The van der Waals surface area contributed by atoms with E-state index in [2.05, 4.69) is 118 Å². The molecule has 28 nitrogen and oxygen atoms in total. The lowest BCUT2D eigenvalue weighted by Crippen LogP contribution is -2.12. The molecule has 0 aliphatic carbocycles. The maximum Gasteiger partial charge on any atom is 0.154 e. The third-order valence-corrected chi connectivity index (χ3v) is 15.5. The molecular formula is C71H85N21O7. The fourth-order valence-electron chi connectivity index (χ4n) is 10.9. The maximum atomic E-state index is 5.40. The fraction of sp³-hybridized carbons (Fsp3) is 0.338. The van der Waals surface area contributed by atoms with Crippen LogP contribution in [0.2, 0.25) is 0 Å². The molecule has 0 atom stereocenters. The van der Waals surface area contributed by atoms with Gasteiger partial charge in [0.05, 0.1) is 114 Å². The molecule has 99 heavy (non-hydrogen) atoms. The van der Waals surface area contributed by atoms with Crippen molar-refractivity contribution in [1.82, 2.24) is 83.2 Å². The van der Waals surface area contributed by atoms with Crippen LogP contribution in [0.1, 0.15) is 77.2 Å². The van der Waals surface area contributed by atoms with E-state index in [4.69, 9.17) is 32.9 Å². The number of anilines is 4. The second-order valence-corrected chi connectivity index (χ2v) is 23.0. The number of pyridine rings is 4. The summed E-state index contributed by atoms with van der Waals surface area (Å²) in [6.07, 6.45) is 16.8. The first-order valence-corrected chi connectivity index (χ1v) is 32.3. The number of fused-ring (bicyclic) bond motifs is 4. The van der Waals surface area contributed by atoms with Gasteiger partial charge in [0.1, 0.15) is 79.8 Å². The lowest BCUT2D eigenvalue weighted by Gasteiger charge is -2.13. The first-order chi connectivity index (χ1) is 48.3. The van der Waals surface area contributed by atoms with Crippen molar-refractivity contribution in [2.45, 2.75) is 80.2 Å². The van der Waals surface area contributed by atoms with Gasteiger partial charge in [-0.2, -0.15) is 0 Å². The van der Waals surface area contributed by atoms with Crippen LogP contribution in [0.3, 0.4) is 0 Å². The van der Waals surface area contributed by atoms with Gasteiger partial charge in [-0.15, -0.1) is 0 Å². The number of rotatable bonds is 27. The van der Waals surface area contributed by atoms with Crippen LogP contribution in [0.4, 0.5) is 23.3 Å². The lowest BCUT2D eigenvalue weighted by molar-refractivity contribution is 0.210. The molecule has 0 radical (unpaired) electrons. The Morgan fingerprint density at radius 2 is 0.919 bits per heavy atom. The van der Waals surface area contributed by atoms with E-state index < -0.39 is 0 Å². The predicted molar refractivity (Wildman–Crippen MR) is 381 cm³/mol. The van der Waals surface area contributed by atoms with Gasteiger partial charge in [0, 0.05) is 114 Å². The number of hydrogen-bond acceptors (Lipinski definition) is 24. The number of nitrogens with zero attached hydrogens (tertiary/aromatic N) is 17. The Labute approximate surface area is 574 Å². The van der Waals surface area contributed by atoms with Gasteiger partial charge < -0.3 is 72.5 Å². The molecule has 0 bridgehead atoms. The monoisotopic (exact) mass is 1340 g/mol. The zero-order valence-electron chi connectivity index (χ0n) is 58.0. The summed E-state index contributed by atoms with van der Waals surface area (Å²) in [6, 6.07) is 25.4. The molecule has 0 saturated carbocycles. The van der Waals surface area contributed by atoms with Crippen molar-refractivity contribution >= 4 is 67.4 Å². The molecule has 0 aromatic carbocycles. The minimum absolute atomic E-state index is 0.315. The molecule has 0 aliphatic heterocycles. The molecule has 516 valence electrons. The predicted octanol–water partition coefficient (Wildman–Crippen LogP) is 10.7. The van der Waals surface area contributed by atoms with Crippen molar-refractivity contribution in [1.29, 1.82) is 0 Å². The van der Waals surface area contributed by atoms with Gasteiger partial charge >= 0.3 is 0 Å². The standard InChI is InChI=1S/C20H22N6O.3C17H21N5O2/c1-13(2)18-10-16(25-27-18)11-22-20-19-17(23-14(3)24-20)7-9-26(19)12-15-6-4-5-8-21-15;1-12-20-15-5-8-22(11-13-10-14(24-3)4-6-18-13)16(15)17(21-12)19-7-9-23-2;1-12-20-14-5-8-22(11-13-4-6-18-10-15(13)24-3)16(14)17(21-12)19-7-9-23-2;1-12-20-13-6-9-22(11-14-15(24-3)5-4-7-18-14)16(13)17(21-12)19-8-10-23-2/h4-10,13H,11-12H2,1-3H3,(H,22,23,24);2*4-6,8,10H,7,9,11H2,1-3H3,(H,19,20,21);4-7,9H,8,10-11H2,1-3H3,(H,19,20,21). The third-order valence-electron chi connectivity index (χ3n) is 15.5. The Morgan fingerprint density at radius 1 is 0.434 bits per heavy atom. The van der Waals surface area contributed by atoms with Gasteiger partial charge in [-0.05, 0) is 88.4 Å². The van der Waals surface area contributed by atoms with Crippen molar-refractivity contribution < 1.29 is 32.9 Å². The first-order valence-electron chi connectivity index (χ1n) is 32.3. The molecular weight excluding hydrogens is 1260 g/mol. The van der Waals surface area contributed by atoms with Crippen LogP contribution in [0.25, 0.3) is 44.1 Å². The minimum Gasteiger partial charge on any atom is -0.497 e. The Hall–Kier alpha value is -11.2. The van der Waals surface area contributed by atoms with E-state index in [1.54, 1.807) is 73.6 Å². The van der Waals surface area contributed by atoms with Crippen molar-refractivity contribution in [2.24, 2.45) is 0 Å². The van der Waals surface area contributed by atoms with Gasteiger partial charge in [-0.3, -0.25) is 19.9 Å². The van der Waals surface area contributed by atoms with Crippen molar-refractivity contribution in [3.8, 4) is 17.2 Å². The SMILES string of the molecule is COCCNc1nc(C)nc2ccn(Cc3cc(OC)ccn3)c12.COCCNc1nc(C)nc2ccn(Cc3ccncc3OC)c12.COCCNc1nc(C)nc2ccn(Cc3ncccc3OC)c12.Cc1nc(NCc2cc(C(C)C)on2)c2c(ccn2Cc2ccccn2)n1. The molecule has 13 aromatic rings. The summed E-state index contributed by atoms with van der Waals surface area (Å²) in [5.41, 5.74) is 12.1. The highest BCUT2D eigenvalue weighted by Crippen LogP contribution is 2.29. The van der Waals surface area contributed by atoms with Crippen LogP contribution >= 0.6 is 0 Å². The summed E-state index contributed by atoms with van der Waals surface area (Å²) in [4.78, 5) is 53.7. The quantitative estimate of drug-likeness (QED) is 0.0348. The van der Waals surface area contributed by atoms with Gasteiger partial charge in [-0.25, -0.2) is 39.9 Å². The molecule has 4 N–H and O–H groups in total. The Balaban J connectivity index is 0.000000143. The molecule has 28 heteroatoms. The van der Waals surface area contributed by atoms with Crippen LogP contribution < -0.4 is 35.5 Å². The topological polar surface area (TPSA) is 304 Å². The minimum atomic E-state index is 0.315. The van der Waals surface area contributed by atoms with Crippen LogP contribution in [0, 0.1) is 27.7 Å². The van der Waals surface area contributed by atoms with E-state index in [9.17, 15) is 0 Å². The molecule has 0 fully saturated rings. The summed E-state index contributed by atoms with van der Waals surface area (Å²) in [5, 5.41) is 17.5. The molecule has 0 spiro atoms. The summed E-state index contributed by atoms with van der Waals surface area (Å²) in [5.74, 6) is 9.66. The highest BCUT2D eigenvalue weighted by molar-refractivity contribution is 5.89. The third kappa shape index (κ3) is 18.5. The smallest absolute Gasteiger partial charge is 0.154 e. The zero-order valence-corrected chi connectivity index (χ0v) is 58.0. The van der Waals surface area contributed by atoms with Crippen LogP contribution in [0.15, 0.2) is 139 Å². The van der Waals surface area contributed by atoms with Crippen molar-refractivity contribution in [3.05, 3.63) is 192 Å². The fourth-order valence-corrected chi connectivity index (χ4v) is 10.9. The largest absolute Gasteiger partial charge is 0.497 e. The summed E-state index contributed by atoms with van der Waals surface area (Å²) < 4.78 is 45.1. The number of aromatic nitrogens is 17. The van der Waals surface area contributed by atoms with Crippen LogP contribution in [-0.2, 0) is 46.9 Å². The van der Waals surface area contributed by atoms with E-state index >= 15 is 0 Å². The van der Waals surface area contributed by atoms with Gasteiger partial charge in [0.15, 0.2) is 23.3 Å². The van der Waals surface area contributed by atoms with E-state index in [1.165, 1.54) is 0 Å². The number of hydrogen-bond donors (Lipinski definition) is 4. The molecule has 13 rings (SSSR count). The van der Waals surface area contributed by atoms with Crippen molar-refractivity contribution in [2.75, 3.05) is 103 Å². The summed E-state index contributed by atoms with van der Waals surface area (Å²) in [7, 11) is 9.99. The maximum absolute atomic E-state index is 5.40. The van der Waals surface area contributed by atoms with Crippen molar-refractivity contribution in [3.63, 3.8) is 0 Å². The molecule has 0 amide bonds. The first kappa shape index (κ1) is 70.6. The van der Waals surface area contributed by atoms with E-state index in [-0.39, 0.29) is 0 Å². The summed E-state index contributed by atoms with van der Waals surface area (Å²) in [6.45, 7) is 18.7. The Kier molecular flexibility index (Phi) is 24.7. The number of ether oxygens (including phenoxy) is 6. The molecule has 0 unspecified atom stereocenters. The molecule has 0 aliphatic rings. The van der Waals surface area contributed by atoms with Crippen LogP contribution in [-0.4, -0.2) is 165 Å². The highest BCUT2D eigenvalue weighted by atomic mass is 16.5. The van der Waals surface area contributed by atoms with E-state index in [1.807, 2.05) is 131 Å². The average Bonchev–Trinajstić information content (AvgIpc) is 1.70. The zero-order chi connectivity index (χ0) is 69.6. The second-order valence-electron chi connectivity index (χ2n) is 23.0. The lowest BCUT2D eigenvalue weighted by atomic mass is 10.1. The molecule has 13 heterocycles. The van der Waals surface area contributed by atoms with E-state index in [0.717, 1.165) is 142 Å². The second kappa shape index (κ2) is 34.6. The average molecular weight is 1340 g/mol. The van der Waals surface area contributed by atoms with Gasteiger partial charge in [0.2, 0.25) is 0 Å². The van der Waals surface area contributed by atoms with Crippen LogP contribution in [0.5, 0.6) is 17.2 Å². The molecule has 0 saturated heterocycles. The summed E-state index contributed by atoms with van der Waals surface area (Å²) >= 11 is 0. The Bertz CT molecular complexity index is 4580. The van der Waals surface area contributed by atoms with E-state index in [0.29, 0.717) is 78.1 Å². The number of methoxy groups -OCH3 is 6. The van der Waals surface area contributed by atoms with Gasteiger partial charge in [0.25, 0.3) is 0 Å².